The summed E-state index contributed by atoms with van der Waals surface area (Å²) in [7, 11) is 1.65. The van der Waals surface area contributed by atoms with Gasteiger partial charge in [0.1, 0.15) is 5.69 Å². The highest BCUT2D eigenvalue weighted by Gasteiger charge is 2.20. The molecule has 1 saturated heterocycles. The van der Waals surface area contributed by atoms with Crippen molar-refractivity contribution in [3.8, 4) is 0 Å². The summed E-state index contributed by atoms with van der Waals surface area (Å²) in [5.41, 5.74) is 5.68. The van der Waals surface area contributed by atoms with Gasteiger partial charge < -0.3 is 25.7 Å². The third-order valence-electron chi connectivity index (χ3n) is 3.34. The maximum absolute atomic E-state index is 11.6. The van der Waals surface area contributed by atoms with E-state index in [1.807, 2.05) is 4.90 Å². The molecule has 0 bridgehead atoms. The van der Waals surface area contributed by atoms with Crippen LogP contribution in [0, 0.1) is 0 Å². The van der Waals surface area contributed by atoms with E-state index in [0.29, 0.717) is 25.0 Å². The second-order valence-electron chi connectivity index (χ2n) is 4.70. The van der Waals surface area contributed by atoms with Crippen molar-refractivity contribution >= 4 is 11.5 Å². The highest BCUT2D eigenvalue weighted by molar-refractivity contribution is 5.60. The molecule has 2 heterocycles. The van der Waals surface area contributed by atoms with E-state index in [4.69, 9.17) is 10.5 Å². The number of hydrogen-bond acceptors (Lipinski definition) is 6. The molecule has 1 atom stereocenters. The fraction of sp³-hybridized carbons (Fsp3) is 0.667. The standard InChI is InChI=1S/C12H21N5O2/c1-19-6-5-17(7-9-3-2-4-14-9)11-10(13)12(18)16-8-15-11/h8-9,14H,2-7,13H2,1H3,(H,15,16,18). The molecule has 1 fully saturated rings. The molecule has 19 heavy (non-hydrogen) atoms. The number of methoxy groups -OCH3 is 1. The molecule has 1 aromatic rings. The minimum Gasteiger partial charge on any atom is -0.391 e. The Kier molecular flexibility index (Phi) is 4.75. The summed E-state index contributed by atoms with van der Waals surface area (Å²) in [4.78, 5) is 20.2. The first-order valence-electron chi connectivity index (χ1n) is 6.52. The first-order chi connectivity index (χ1) is 9.22. The number of nitrogen functional groups attached to an aromatic ring is 1. The second kappa shape index (κ2) is 6.53. The predicted octanol–water partition coefficient (Wildman–Crippen LogP) is -0.443. The number of H-pyrrole nitrogens is 1. The van der Waals surface area contributed by atoms with E-state index in [2.05, 4.69) is 15.3 Å². The van der Waals surface area contributed by atoms with Crippen LogP contribution >= 0.6 is 0 Å². The van der Waals surface area contributed by atoms with Gasteiger partial charge in [0, 0.05) is 26.2 Å². The third-order valence-corrected chi connectivity index (χ3v) is 3.34. The molecule has 1 aliphatic rings. The zero-order valence-corrected chi connectivity index (χ0v) is 11.2. The lowest BCUT2D eigenvalue weighted by Gasteiger charge is -2.27. The number of anilines is 2. The van der Waals surface area contributed by atoms with E-state index in [1.165, 1.54) is 12.7 Å². The molecule has 1 aromatic heterocycles. The van der Waals surface area contributed by atoms with Gasteiger partial charge in [0.25, 0.3) is 5.56 Å². The maximum Gasteiger partial charge on any atom is 0.276 e. The third kappa shape index (κ3) is 3.45. The predicted molar refractivity (Wildman–Crippen MR) is 74.4 cm³/mol. The van der Waals surface area contributed by atoms with Gasteiger partial charge in [-0.05, 0) is 19.4 Å². The molecule has 0 amide bonds. The van der Waals surface area contributed by atoms with Crippen molar-refractivity contribution in [2.24, 2.45) is 0 Å². The zero-order chi connectivity index (χ0) is 13.7. The molecular weight excluding hydrogens is 246 g/mol. The van der Waals surface area contributed by atoms with Crippen LogP contribution < -0.4 is 21.5 Å². The van der Waals surface area contributed by atoms with Gasteiger partial charge in [-0.25, -0.2) is 4.98 Å². The number of ether oxygens (including phenoxy) is 1. The first-order valence-corrected chi connectivity index (χ1v) is 6.52. The van der Waals surface area contributed by atoms with E-state index in [9.17, 15) is 4.79 Å². The number of aromatic amines is 1. The smallest absolute Gasteiger partial charge is 0.276 e. The van der Waals surface area contributed by atoms with Crippen molar-refractivity contribution in [3.05, 3.63) is 16.7 Å². The number of hydrogen-bond donors (Lipinski definition) is 3. The Labute approximate surface area is 112 Å². The molecule has 0 spiro atoms. The number of aromatic nitrogens is 2. The van der Waals surface area contributed by atoms with Crippen LogP contribution in [0.4, 0.5) is 11.5 Å². The molecule has 1 aliphatic heterocycles. The lowest BCUT2D eigenvalue weighted by Crippen LogP contribution is -2.40. The van der Waals surface area contributed by atoms with Crippen LogP contribution in [0.25, 0.3) is 0 Å². The summed E-state index contributed by atoms with van der Waals surface area (Å²) >= 11 is 0. The molecule has 2 rings (SSSR count). The molecule has 1 unspecified atom stereocenters. The van der Waals surface area contributed by atoms with Crippen LogP contribution in [0.1, 0.15) is 12.8 Å². The zero-order valence-electron chi connectivity index (χ0n) is 11.2. The van der Waals surface area contributed by atoms with Gasteiger partial charge in [-0.15, -0.1) is 0 Å². The maximum atomic E-state index is 11.6. The van der Waals surface area contributed by atoms with Gasteiger partial charge in [0.2, 0.25) is 0 Å². The molecule has 0 aliphatic carbocycles. The van der Waals surface area contributed by atoms with E-state index in [-0.39, 0.29) is 11.2 Å². The van der Waals surface area contributed by atoms with Gasteiger partial charge in [-0.3, -0.25) is 4.79 Å². The van der Waals surface area contributed by atoms with Gasteiger partial charge >= 0.3 is 0 Å². The Morgan fingerprint density at radius 3 is 3.16 bits per heavy atom. The molecule has 0 saturated carbocycles. The number of nitrogens with zero attached hydrogens (tertiary/aromatic N) is 2. The Morgan fingerprint density at radius 1 is 1.63 bits per heavy atom. The average molecular weight is 267 g/mol. The molecule has 7 heteroatoms. The normalized spacial score (nSPS) is 18.7. The fourth-order valence-electron chi connectivity index (χ4n) is 2.32. The summed E-state index contributed by atoms with van der Waals surface area (Å²) in [5, 5.41) is 3.43. The molecule has 106 valence electrons. The van der Waals surface area contributed by atoms with Crippen LogP contribution in [0.2, 0.25) is 0 Å². The van der Waals surface area contributed by atoms with Gasteiger partial charge in [-0.1, -0.05) is 0 Å². The molecule has 4 N–H and O–H groups in total. The first kappa shape index (κ1) is 13.8. The van der Waals surface area contributed by atoms with E-state index < -0.39 is 0 Å². The Hall–Kier alpha value is -1.60. The average Bonchev–Trinajstić information content (AvgIpc) is 2.91. The molecule has 0 aromatic carbocycles. The van der Waals surface area contributed by atoms with Crippen LogP contribution in [0.15, 0.2) is 11.1 Å². The lowest BCUT2D eigenvalue weighted by atomic mass is 10.2. The second-order valence-corrected chi connectivity index (χ2v) is 4.70. The van der Waals surface area contributed by atoms with Gasteiger partial charge in [0.15, 0.2) is 5.82 Å². The number of nitrogens with one attached hydrogen (secondary N) is 2. The fourth-order valence-corrected chi connectivity index (χ4v) is 2.32. The molecular formula is C12H21N5O2. The minimum absolute atomic E-state index is 0.164. The van der Waals surface area contributed by atoms with Crippen molar-refractivity contribution in [3.63, 3.8) is 0 Å². The van der Waals surface area contributed by atoms with E-state index in [1.54, 1.807) is 7.11 Å². The van der Waals surface area contributed by atoms with E-state index >= 15 is 0 Å². The van der Waals surface area contributed by atoms with Crippen LogP contribution in [0.3, 0.4) is 0 Å². The SMILES string of the molecule is COCCN(CC1CCCN1)c1nc[nH]c(=O)c1N. The number of nitrogens with two attached hydrogens (primary N) is 1. The van der Waals surface area contributed by atoms with Crippen molar-refractivity contribution in [2.45, 2.75) is 18.9 Å². The highest BCUT2D eigenvalue weighted by Crippen LogP contribution is 2.17. The Bertz CT molecular complexity index is 456. The quantitative estimate of drug-likeness (QED) is 0.646. The summed E-state index contributed by atoms with van der Waals surface area (Å²) in [6.45, 7) is 3.06. The van der Waals surface area contributed by atoms with Crippen molar-refractivity contribution in [1.29, 1.82) is 0 Å². The minimum atomic E-state index is -0.299. The summed E-state index contributed by atoms with van der Waals surface area (Å²) in [6.07, 6.45) is 3.70. The Balaban J connectivity index is 2.15. The monoisotopic (exact) mass is 267 g/mol. The molecule has 0 radical (unpaired) electrons. The lowest BCUT2D eigenvalue weighted by molar-refractivity contribution is 0.204. The van der Waals surface area contributed by atoms with Crippen LogP contribution in [0.5, 0.6) is 0 Å². The van der Waals surface area contributed by atoms with Crippen molar-refractivity contribution in [1.82, 2.24) is 15.3 Å². The Morgan fingerprint density at radius 2 is 2.47 bits per heavy atom. The largest absolute Gasteiger partial charge is 0.391 e. The summed E-state index contributed by atoms with van der Waals surface area (Å²) < 4.78 is 5.11. The highest BCUT2D eigenvalue weighted by atomic mass is 16.5. The van der Waals surface area contributed by atoms with Crippen molar-refractivity contribution < 1.29 is 4.74 Å². The van der Waals surface area contributed by atoms with E-state index in [0.717, 1.165) is 19.5 Å². The van der Waals surface area contributed by atoms with Gasteiger partial charge in [-0.2, -0.15) is 0 Å². The number of rotatable bonds is 6. The van der Waals surface area contributed by atoms with Crippen LogP contribution in [-0.2, 0) is 4.74 Å². The van der Waals surface area contributed by atoms with Crippen molar-refractivity contribution in [2.75, 3.05) is 44.0 Å². The summed E-state index contributed by atoms with van der Waals surface area (Å²) in [5.74, 6) is 0.537. The summed E-state index contributed by atoms with van der Waals surface area (Å²) in [6, 6.07) is 0.414. The van der Waals surface area contributed by atoms with Crippen LogP contribution in [-0.4, -0.2) is 49.4 Å². The molecule has 7 nitrogen and oxygen atoms in total. The van der Waals surface area contributed by atoms with Gasteiger partial charge in [0.05, 0.1) is 12.9 Å². The topological polar surface area (TPSA) is 96.3 Å².